The van der Waals surface area contributed by atoms with Crippen LogP contribution in [0.4, 0.5) is 9.59 Å². The van der Waals surface area contributed by atoms with E-state index in [0.717, 1.165) is 4.90 Å². The van der Waals surface area contributed by atoms with E-state index in [1.165, 1.54) is 16.8 Å². The van der Waals surface area contributed by atoms with Gasteiger partial charge >= 0.3 is 12.1 Å². The average Bonchev–Trinajstić information content (AvgIpc) is 2.52. The van der Waals surface area contributed by atoms with Crippen molar-refractivity contribution in [2.45, 2.75) is 32.4 Å². The number of piperazine rings is 1. The van der Waals surface area contributed by atoms with Gasteiger partial charge in [0.25, 0.3) is 5.91 Å². The van der Waals surface area contributed by atoms with Gasteiger partial charge in [0.15, 0.2) is 0 Å². The summed E-state index contributed by atoms with van der Waals surface area (Å²) in [6.07, 6.45) is -0.443. The van der Waals surface area contributed by atoms with Gasteiger partial charge in [-0.05, 0) is 20.8 Å². The number of likely N-dealkylation sites (N-methyl/N-ethyl adjacent to an activating group) is 1. The van der Waals surface area contributed by atoms with Gasteiger partial charge in [0, 0.05) is 20.1 Å². The Hall–Kier alpha value is -1.79. The van der Waals surface area contributed by atoms with Crippen LogP contribution in [0.15, 0.2) is 0 Å². The standard InChI is InChI=1S/C12H19N3O4/c1-12(2,3)19-11(18)14-5-6-15-8(7-14)9(16)13(4)10(15)17/h8H,5-7H2,1-4H3/t8-/m0/s1. The van der Waals surface area contributed by atoms with Crippen LogP contribution >= 0.6 is 0 Å². The SMILES string of the molecule is CN1C(=O)[C@@H]2CN(C(=O)OC(C)(C)C)CCN2C1=O. The van der Waals surface area contributed by atoms with Gasteiger partial charge < -0.3 is 14.5 Å². The Kier molecular flexibility index (Phi) is 3.15. The number of rotatable bonds is 0. The molecule has 0 saturated carbocycles. The minimum atomic E-state index is -0.571. The fraction of sp³-hybridized carbons (Fsp3) is 0.750. The van der Waals surface area contributed by atoms with E-state index in [1.807, 2.05) is 0 Å². The Morgan fingerprint density at radius 3 is 2.47 bits per heavy atom. The van der Waals surface area contributed by atoms with Gasteiger partial charge in [-0.3, -0.25) is 9.69 Å². The fourth-order valence-electron chi connectivity index (χ4n) is 2.23. The van der Waals surface area contributed by atoms with Crippen molar-refractivity contribution < 1.29 is 19.1 Å². The molecule has 106 valence electrons. The highest BCUT2D eigenvalue weighted by Crippen LogP contribution is 2.22. The van der Waals surface area contributed by atoms with Crippen LogP contribution in [-0.2, 0) is 9.53 Å². The molecule has 2 heterocycles. The number of carbonyl (C=O) groups is 3. The third-order valence-electron chi connectivity index (χ3n) is 3.18. The summed E-state index contributed by atoms with van der Waals surface area (Å²) in [6.45, 7) is 6.32. The zero-order valence-corrected chi connectivity index (χ0v) is 11.7. The number of carbonyl (C=O) groups excluding carboxylic acids is 3. The summed E-state index contributed by atoms with van der Waals surface area (Å²) in [5, 5.41) is 0. The number of hydrogen-bond acceptors (Lipinski definition) is 4. The lowest BCUT2D eigenvalue weighted by atomic mass is 10.2. The molecule has 2 fully saturated rings. The van der Waals surface area contributed by atoms with E-state index in [9.17, 15) is 14.4 Å². The van der Waals surface area contributed by atoms with Crippen LogP contribution in [-0.4, -0.2) is 71.1 Å². The first kappa shape index (κ1) is 13.6. The number of ether oxygens (including phenoxy) is 1. The van der Waals surface area contributed by atoms with Crippen LogP contribution in [0.3, 0.4) is 0 Å². The number of imide groups is 1. The molecule has 19 heavy (non-hydrogen) atoms. The summed E-state index contributed by atoms with van der Waals surface area (Å²) in [4.78, 5) is 39.7. The van der Waals surface area contributed by atoms with E-state index in [1.54, 1.807) is 20.8 Å². The summed E-state index contributed by atoms with van der Waals surface area (Å²) in [7, 11) is 1.46. The first-order valence-corrected chi connectivity index (χ1v) is 6.27. The summed E-state index contributed by atoms with van der Waals surface area (Å²) in [6, 6.07) is -0.863. The molecule has 0 aromatic rings. The third-order valence-corrected chi connectivity index (χ3v) is 3.18. The Bertz CT molecular complexity index is 429. The molecule has 0 N–H and O–H groups in total. The van der Waals surface area contributed by atoms with Gasteiger partial charge in [0.2, 0.25) is 0 Å². The van der Waals surface area contributed by atoms with Crippen LogP contribution in [0.5, 0.6) is 0 Å². The van der Waals surface area contributed by atoms with Gasteiger partial charge in [-0.1, -0.05) is 0 Å². The van der Waals surface area contributed by atoms with Gasteiger partial charge in [-0.2, -0.15) is 0 Å². The zero-order valence-electron chi connectivity index (χ0n) is 11.7. The van der Waals surface area contributed by atoms with Crippen LogP contribution in [0.1, 0.15) is 20.8 Å². The number of fused-ring (bicyclic) bond motifs is 1. The van der Waals surface area contributed by atoms with Gasteiger partial charge in [0.05, 0.1) is 6.54 Å². The molecule has 1 atom stereocenters. The molecule has 2 saturated heterocycles. The summed E-state index contributed by atoms with van der Waals surface area (Å²) in [5.74, 6) is -0.266. The molecule has 0 aromatic carbocycles. The molecule has 0 bridgehead atoms. The maximum absolute atomic E-state index is 11.9. The number of amides is 4. The minimum Gasteiger partial charge on any atom is -0.444 e. The van der Waals surface area contributed by atoms with Crippen molar-refractivity contribution >= 4 is 18.0 Å². The van der Waals surface area contributed by atoms with E-state index in [4.69, 9.17) is 4.74 Å². The lowest BCUT2D eigenvalue weighted by Gasteiger charge is -2.36. The molecule has 2 rings (SSSR count). The number of hydrogen-bond donors (Lipinski definition) is 0. The predicted octanol–water partition coefficient (Wildman–Crippen LogP) is 0.500. The Morgan fingerprint density at radius 2 is 1.89 bits per heavy atom. The molecule has 2 aliphatic rings. The predicted molar refractivity (Wildman–Crippen MR) is 66.5 cm³/mol. The Morgan fingerprint density at radius 1 is 1.26 bits per heavy atom. The van der Waals surface area contributed by atoms with E-state index < -0.39 is 17.7 Å². The second-order valence-electron chi connectivity index (χ2n) is 5.82. The number of nitrogens with zero attached hydrogens (tertiary/aromatic N) is 3. The van der Waals surface area contributed by atoms with Gasteiger partial charge in [-0.25, -0.2) is 9.59 Å². The van der Waals surface area contributed by atoms with Crippen LogP contribution in [0.25, 0.3) is 0 Å². The van der Waals surface area contributed by atoms with Crippen LogP contribution < -0.4 is 0 Å². The highest BCUT2D eigenvalue weighted by atomic mass is 16.6. The van der Waals surface area contributed by atoms with Crippen LogP contribution in [0.2, 0.25) is 0 Å². The van der Waals surface area contributed by atoms with Crippen LogP contribution in [0, 0.1) is 0 Å². The second-order valence-corrected chi connectivity index (χ2v) is 5.82. The van der Waals surface area contributed by atoms with Gasteiger partial charge in [-0.15, -0.1) is 0 Å². The molecule has 2 aliphatic heterocycles. The largest absolute Gasteiger partial charge is 0.444 e. The second kappa shape index (κ2) is 4.40. The molecule has 7 nitrogen and oxygen atoms in total. The molecule has 7 heteroatoms. The summed E-state index contributed by atoms with van der Waals surface area (Å²) >= 11 is 0. The van der Waals surface area contributed by atoms with E-state index in [-0.39, 0.29) is 18.5 Å². The number of urea groups is 1. The minimum absolute atomic E-state index is 0.198. The van der Waals surface area contributed by atoms with Crippen molar-refractivity contribution in [3.8, 4) is 0 Å². The van der Waals surface area contributed by atoms with Crippen molar-refractivity contribution in [1.29, 1.82) is 0 Å². The molecule has 0 radical (unpaired) electrons. The third kappa shape index (κ3) is 2.50. The average molecular weight is 269 g/mol. The topological polar surface area (TPSA) is 70.2 Å². The van der Waals surface area contributed by atoms with E-state index in [0.29, 0.717) is 13.1 Å². The van der Waals surface area contributed by atoms with Crippen molar-refractivity contribution in [2.75, 3.05) is 26.7 Å². The quantitative estimate of drug-likeness (QED) is 0.600. The Labute approximate surface area is 112 Å². The molecular weight excluding hydrogens is 250 g/mol. The molecule has 0 aliphatic carbocycles. The monoisotopic (exact) mass is 269 g/mol. The smallest absolute Gasteiger partial charge is 0.410 e. The maximum atomic E-state index is 11.9. The summed E-state index contributed by atoms with van der Waals surface area (Å²) < 4.78 is 5.27. The lowest BCUT2D eigenvalue weighted by molar-refractivity contribution is -0.128. The normalized spacial score (nSPS) is 23.8. The van der Waals surface area contributed by atoms with Crippen molar-refractivity contribution in [3.05, 3.63) is 0 Å². The Balaban J connectivity index is 2.05. The van der Waals surface area contributed by atoms with Crippen molar-refractivity contribution in [2.24, 2.45) is 0 Å². The maximum Gasteiger partial charge on any atom is 0.410 e. The lowest BCUT2D eigenvalue weighted by Crippen LogP contribution is -2.55. The first-order valence-electron chi connectivity index (χ1n) is 6.27. The molecular formula is C12H19N3O4. The first-order chi connectivity index (χ1) is 8.70. The molecule has 0 spiro atoms. The molecule has 0 aromatic heterocycles. The van der Waals surface area contributed by atoms with Crippen molar-refractivity contribution in [3.63, 3.8) is 0 Å². The fourth-order valence-corrected chi connectivity index (χ4v) is 2.23. The highest BCUT2D eigenvalue weighted by molar-refractivity contribution is 6.04. The zero-order chi connectivity index (χ0) is 14.4. The van der Waals surface area contributed by atoms with Gasteiger partial charge in [0.1, 0.15) is 11.6 Å². The molecule has 4 amide bonds. The highest BCUT2D eigenvalue weighted by Gasteiger charge is 2.47. The van der Waals surface area contributed by atoms with E-state index >= 15 is 0 Å². The summed E-state index contributed by atoms with van der Waals surface area (Å²) in [5.41, 5.74) is -0.569. The molecule has 0 unspecified atom stereocenters. The van der Waals surface area contributed by atoms with Crippen molar-refractivity contribution in [1.82, 2.24) is 14.7 Å². The van der Waals surface area contributed by atoms with E-state index in [2.05, 4.69) is 0 Å².